The summed E-state index contributed by atoms with van der Waals surface area (Å²) < 4.78 is 1.79. The lowest BCUT2D eigenvalue weighted by molar-refractivity contribution is -0.384. The molecule has 0 radical (unpaired) electrons. The van der Waals surface area contributed by atoms with Crippen molar-refractivity contribution in [3.63, 3.8) is 0 Å². The topological polar surface area (TPSA) is 125 Å². The van der Waals surface area contributed by atoms with Gasteiger partial charge in [-0.05, 0) is 33.3 Å². The van der Waals surface area contributed by atoms with Gasteiger partial charge < -0.3 is 15.2 Å². The van der Waals surface area contributed by atoms with Gasteiger partial charge in [-0.15, -0.1) is 0 Å². The summed E-state index contributed by atoms with van der Waals surface area (Å²) in [6.45, 7) is 8.94. The van der Waals surface area contributed by atoms with Gasteiger partial charge >= 0.3 is 0 Å². The van der Waals surface area contributed by atoms with Crippen molar-refractivity contribution in [2.24, 2.45) is 0 Å². The number of carbonyl (C=O) groups is 1. The van der Waals surface area contributed by atoms with Crippen LogP contribution in [0.4, 0.5) is 17.5 Å². The average Bonchev–Trinajstić information content (AvgIpc) is 3.32. The minimum absolute atomic E-state index is 0.0355. The fourth-order valence-electron chi connectivity index (χ4n) is 4.01. The molecule has 3 aromatic rings. The summed E-state index contributed by atoms with van der Waals surface area (Å²) in [4.78, 5) is 35.6. The summed E-state index contributed by atoms with van der Waals surface area (Å²) >= 11 is 0. The van der Waals surface area contributed by atoms with Gasteiger partial charge in [0.2, 0.25) is 11.9 Å². The van der Waals surface area contributed by atoms with Gasteiger partial charge in [0.15, 0.2) is 0 Å². The molecular weight excluding hydrogens is 412 g/mol. The number of rotatable bonds is 6. The second-order valence-electron chi connectivity index (χ2n) is 8.32. The number of nitrogens with one attached hydrogen (secondary N) is 2. The summed E-state index contributed by atoms with van der Waals surface area (Å²) in [7, 11) is 0. The SMILES string of the molecule is CC(C)n1nccc1NC(=O)[C@@H](C)N1CCCN(c2nc3ccc([N+](=O)[O-])cc3[nH]2)CC1. The number of carbonyl (C=O) groups excluding carboxylic acids is 1. The lowest BCUT2D eigenvalue weighted by Gasteiger charge is -2.27. The van der Waals surface area contributed by atoms with E-state index in [1.807, 2.05) is 20.8 Å². The van der Waals surface area contributed by atoms with E-state index in [1.54, 1.807) is 23.0 Å². The highest BCUT2D eigenvalue weighted by Crippen LogP contribution is 2.23. The third kappa shape index (κ3) is 4.42. The molecule has 0 aliphatic carbocycles. The molecule has 2 aromatic heterocycles. The molecule has 32 heavy (non-hydrogen) atoms. The Kier molecular flexibility index (Phi) is 6.08. The number of nitro benzene ring substituents is 1. The Labute approximate surface area is 185 Å². The van der Waals surface area contributed by atoms with Crippen molar-refractivity contribution >= 4 is 34.4 Å². The Morgan fingerprint density at radius 2 is 2.00 bits per heavy atom. The smallest absolute Gasteiger partial charge is 0.271 e. The van der Waals surface area contributed by atoms with E-state index in [9.17, 15) is 14.9 Å². The Morgan fingerprint density at radius 1 is 1.19 bits per heavy atom. The van der Waals surface area contributed by atoms with Crippen LogP contribution in [0.15, 0.2) is 30.5 Å². The number of anilines is 2. The van der Waals surface area contributed by atoms with Crippen LogP contribution in [0, 0.1) is 10.1 Å². The molecule has 1 saturated heterocycles. The maximum Gasteiger partial charge on any atom is 0.271 e. The van der Waals surface area contributed by atoms with E-state index in [4.69, 9.17) is 0 Å². The van der Waals surface area contributed by atoms with Crippen LogP contribution >= 0.6 is 0 Å². The van der Waals surface area contributed by atoms with Gasteiger partial charge in [-0.25, -0.2) is 9.67 Å². The van der Waals surface area contributed by atoms with Gasteiger partial charge in [-0.2, -0.15) is 5.10 Å². The highest BCUT2D eigenvalue weighted by atomic mass is 16.6. The molecule has 0 saturated carbocycles. The molecule has 1 aromatic carbocycles. The number of nitro groups is 1. The highest BCUT2D eigenvalue weighted by Gasteiger charge is 2.26. The minimum Gasteiger partial charge on any atom is -0.341 e. The van der Waals surface area contributed by atoms with Gasteiger partial charge in [-0.3, -0.25) is 19.8 Å². The molecule has 0 spiro atoms. The number of aromatic nitrogens is 4. The predicted molar refractivity (Wildman–Crippen MR) is 122 cm³/mol. The zero-order chi connectivity index (χ0) is 22.8. The number of non-ortho nitro benzene ring substituents is 1. The second kappa shape index (κ2) is 8.95. The van der Waals surface area contributed by atoms with Gasteiger partial charge in [-0.1, -0.05) is 0 Å². The van der Waals surface area contributed by atoms with Crippen molar-refractivity contribution < 1.29 is 9.72 Å². The van der Waals surface area contributed by atoms with E-state index >= 15 is 0 Å². The maximum atomic E-state index is 12.9. The van der Waals surface area contributed by atoms with Crippen molar-refractivity contribution in [2.45, 2.75) is 39.3 Å². The average molecular weight is 441 g/mol. The Morgan fingerprint density at radius 3 is 2.75 bits per heavy atom. The number of aromatic amines is 1. The zero-order valence-electron chi connectivity index (χ0n) is 18.5. The van der Waals surface area contributed by atoms with Crippen LogP contribution in [0.5, 0.6) is 0 Å². The van der Waals surface area contributed by atoms with Crippen LogP contribution < -0.4 is 10.2 Å². The summed E-state index contributed by atoms with van der Waals surface area (Å²) in [6.07, 6.45) is 2.56. The first-order chi connectivity index (χ1) is 15.3. The molecule has 0 unspecified atom stereocenters. The lowest BCUT2D eigenvalue weighted by atomic mass is 10.2. The molecule has 0 bridgehead atoms. The molecule has 1 aliphatic rings. The van der Waals surface area contributed by atoms with E-state index < -0.39 is 4.92 Å². The molecule has 4 rings (SSSR count). The molecule has 1 atom stereocenters. The van der Waals surface area contributed by atoms with E-state index in [-0.39, 0.29) is 23.7 Å². The predicted octanol–water partition coefficient (Wildman–Crippen LogP) is 2.79. The van der Waals surface area contributed by atoms with Crippen molar-refractivity contribution in [3.8, 4) is 0 Å². The molecule has 1 fully saturated rings. The molecule has 3 heterocycles. The Balaban J connectivity index is 1.41. The number of hydrogen-bond acceptors (Lipinski definition) is 7. The Bertz CT molecular complexity index is 1120. The highest BCUT2D eigenvalue weighted by molar-refractivity contribution is 5.93. The number of amides is 1. The summed E-state index contributed by atoms with van der Waals surface area (Å²) in [5, 5.41) is 18.3. The number of hydrogen-bond donors (Lipinski definition) is 2. The number of fused-ring (bicyclic) bond motifs is 1. The van der Waals surface area contributed by atoms with E-state index in [1.165, 1.54) is 12.1 Å². The van der Waals surface area contributed by atoms with Gasteiger partial charge in [0.25, 0.3) is 5.69 Å². The van der Waals surface area contributed by atoms with Gasteiger partial charge in [0.05, 0.1) is 28.2 Å². The molecule has 170 valence electrons. The van der Waals surface area contributed by atoms with Crippen LogP contribution in [0.25, 0.3) is 11.0 Å². The first-order valence-corrected chi connectivity index (χ1v) is 10.8. The zero-order valence-corrected chi connectivity index (χ0v) is 18.5. The largest absolute Gasteiger partial charge is 0.341 e. The molecule has 1 amide bonds. The van der Waals surface area contributed by atoms with Crippen molar-refractivity contribution in [1.29, 1.82) is 0 Å². The number of benzene rings is 1. The standard InChI is InChI=1S/C21H28N8O3/c1-14(2)28-19(7-8-22-28)25-20(30)15(3)26-9-4-10-27(12-11-26)21-23-17-6-5-16(29(31)32)13-18(17)24-21/h5-8,13-15H,4,9-12H2,1-3H3,(H,23,24)(H,25,30)/t15-/m1/s1. The van der Waals surface area contributed by atoms with Crippen molar-refractivity contribution in [1.82, 2.24) is 24.6 Å². The third-order valence-corrected chi connectivity index (χ3v) is 5.83. The normalized spacial score (nSPS) is 16.3. The number of imidazole rings is 1. The van der Waals surface area contributed by atoms with E-state index in [2.05, 4.69) is 30.2 Å². The quantitative estimate of drug-likeness (QED) is 0.446. The number of H-pyrrole nitrogens is 1. The van der Waals surface area contributed by atoms with Gasteiger partial charge in [0, 0.05) is 50.4 Å². The van der Waals surface area contributed by atoms with Crippen LogP contribution in [0.1, 0.15) is 33.2 Å². The summed E-state index contributed by atoms with van der Waals surface area (Å²) in [5.74, 6) is 1.34. The fourth-order valence-corrected chi connectivity index (χ4v) is 4.01. The lowest BCUT2D eigenvalue weighted by Crippen LogP contribution is -2.44. The first-order valence-electron chi connectivity index (χ1n) is 10.8. The number of nitrogens with zero attached hydrogens (tertiary/aromatic N) is 6. The van der Waals surface area contributed by atoms with E-state index in [0.29, 0.717) is 35.9 Å². The van der Waals surface area contributed by atoms with E-state index in [0.717, 1.165) is 19.5 Å². The van der Waals surface area contributed by atoms with Gasteiger partial charge in [0.1, 0.15) is 5.82 Å². The fraction of sp³-hybridized carbons (Fsp3) is 0.476. The van der Waals surface area contributed by atoms with Crippen molar-refractivity contribution in [3.05, 3.63) is 40.6 Å². The molecular formula is C21H28N8O3. The molecule has 2 N–H and O–H groups in total. The Hall–Kier alpha value is -3.47. The molecule has 1 aliphatic heterocycles. The molecule has 11 nitrogen and oxygen atoms in total. The summed E-state index contributed by atoms with van der Waals surface area (Å²) in [5.41, 5.74) is 1.37. The molecule has 11 heteroatoms. The maximum absolute atomic E-state index is 12.9. The van der Waals surface area contributed by atoms with Crippen LogP contribution in [0.3, 0.4) is 0 Å². The van der Waals surface area contributed by atoms with Crippen LogP contribution in [0.2, 0.25) is 0 Å². The van der Waals surface area contributed by atoms with Crippen LogP contribution in [-0.2, 0) is 4.79 Å². The first kappa shape index (κ1) is 21.8. The second-order valence-corrected chi connectivity index (χ2v) is 8.32. The van der Waals surface area contributed by atoms with Crippen molar-refractivity contribution in [2.75, 3.05) is 36.4 Å². The summed E-state index contributed by atoms with van der Waals surface area (Å²) in [6, 6.07) is 6.30. The minimum atomic E-state index is -0.412. The monoisotopic (exact) mass is 440 g/mol. The third-order valence-electron chi connectivity index (χ3n) is 5.83. The van der Waals surface area contributed by atoms with Crippen LogP contribution in [-0.4, -0.2) is 67.7 Å².